The third-order valence-electron chi connectivity index (χ3n) is 5.54. The van der Waals surface area contributed by atoms with E-state index >= 15 is 0 Å². The number of hydrogen-bond donors (Lipinski definition) is 2. The van der Waals surface area contributed by atoms with Crippen LogP contribution in [0.3, 0.4) is 0 Å². The summed E-state index contributed by atoms with van der Waals surface area (Å²) in [6, 6.07) is 12.6. The van der Waals surface area contributed by atoms with Crippen molar-refractivity contribution in [3.05, 3.63) is 53.1 Å². The number of nitrogens with one attached hydrogen (secondary N) is 2. The van der Waals surface area contributed by atoms with E-state index in [1.54, 1.807) is 24.3 Å². The summed E-state index contributed by atoms with van der Waals surface area (Å²) in [5.41, 5.74) is 2.03. The molecule has 0 radical (unpaired) electrons. The van der Waals surface area contributed by atoms with Crippen molar-refractivity contribution in [1.29, 1.82) is 0 Å². The van der Waals surface area contributed by atoms with Gasteiger partial charge in [0, 0.05) is 43.3 Å². The third kappa shape index (κ3) is 7.57. The standard InChI is InChI=1S/C26H33ClN4O3S/c1-17(2)16-34-21-7-5-6-19(14-21)24(32)29-26(35)28-20-8-9-23(22(27)15-20)30-10-12-31(13-11-30)25(33)18(3)4/h5-9,14-15,17-18H,10-13,16H2,1-4H3,(H2,28,29,32,35). The number of carbonyl (C=O) groups excluding carboxylic acids is 2. The van der Waals surface area contributed by atoms with Gasteiger partial charge in [-0.15, -0.1) is 0 Å². The number of nitrogens with zero attached hydrogens (tertiary/aromatic N) is 2. The highest BCUT2D eigenvalue weighted by atomic mass is 35.5. The van der Waals surface area contributed by atoms with Crippen molar-refractivity contribution < 1.29 is 14.3 Å². The van der Waals surface area contributed by atoms with Gasteiger partial charge in [0.05, 0.1) is 17.3 Å². The van der Waals surface area contributed by atoms with Crippen molar-refractivity contribution in [3.8, 4) is 5.75 Å². The minimum Gasteiger partial charge on any atom is -0.493 e. The molecule has 9 heteroatoms. The predicted octanol–water partition coefficient (Wildman–Crippen LogP) is 4.81. The predicted molar refractivity (Wildman–Crippen MR) is 146 cm³/mol. The van der Waals surface area contributed by atoms with Crippen LogP contribution in [-0.2, 0) is 4.79 Å². The monoisotopic (exact) mass is 516 g/mol. The van der Waals surface area contributed by atoms with Crippen LogP contribution in [0.15, 0.2) is 42.5 Å². The molecule has 3 rings (SSSR count). The molecule has 1 fully saturated rings. The number of thiocarbonyl (C=S) groups is 1. The van der Waals surface area contributed by atoms with Gasteiger partial charge in [0.25, 0.3) is 5.91 Å². The van der Waals surface area contributed by atoms with Gasteiger partial charge in [0.2, 0.25) is 5.91 Å². The molecule has 35 heavy (non-hydrogen) atoms. The number of rotatable bonds is 7. The Morgan fingerprint density at radius 2 is 1.77 bits per heavy atom. The number of piperazine rings is 1. The molecule has 1 saturated heterocycles. The number of hydrogen-bond acceptors (Lipinski definition) is 5. The lowest BCUT2D eigenvalue weighted by molar-refractivity contribution is -0.134. The number of halogens is 1. The molecule has 2 amide bonds. The highest BCUT2D eigenvalue weighted by Gasteiger charge is 2.24. The second-order valence-corrected chi connectivity index (χ2v) is 10.1. The summed E-state index contributed by atoms with van der Waals surface area (Å²) >= 11 is 11.9. The third-order valence-corrected chi connectivity index (χ3v) is 6.04. The maximum Gasteiger partial charge on any atom is 0.257 e. The van der Waals surface area contributed by atoms with Crippen LogP contribution in [0, 0.1) is 11.8 Å². The van der Waals surface area contributed by atoms with Gasteiger partial charge < -0.3 is 19.9 Å². The number of benzene rings is 2. The lowest BCUT2D eigenvalue weighted by Crippen LogP contribution is -2.50. The Labute approximate surface area is 217 Å². The normalized spacial score (nSPS) is 13.7. The first-order valence-electron chi connectivity index (χ1n) is 11.8. The smallest absolute Gasteiger partial charge is 0.257 e. The van der Waals surface area contributed by atoms with Crippen LogP contribution in [0.2, 0.25) is 5.02 Å². The molecule has 1 heterocycles. The number of ether oxygens (including phenoxy) is 1. The van der Waals surface area contributed by atoms with Crippen molar-refractivity contribution in [2.24, 2.45) is 11.8 Å². The van der Waals surface area contributed by atoms with E-state index in [2.05, 4.69) is 29.4 Å². The molecule has 7 nitrogen and oxygen atoms in total. The van der Waals surface area contributed by atoms with Crippen LogP contribution in [0.5, 0.6) is 5.75 Å². The van der Waals surface area contributed by atoms with Gasteiger partial charge in [-0.25, -0.2) is 0 Å². The molecule has 2 aromatic rings. The van der Waals surface area contributed by atoms with E-state index in [0.29, 0.717) is 47.6 Å². The Bertz CT molecular complexity index is 1070. The quantitative estimate of drug-likeness (QED) is 0.515. The molecule has 0 unspecified atom stereocenters. The van der Waals surface area contributed by atoms with E-state index in [9.17, 15) is 9.59 Å². The van der Waals surface area contributed by atoms with Gasteiger partial charge >= 0.3 is 0 Å². The summed E-state index contributed by atoms with van der Waals surface area (Å²) in [5, 5.41) is 6.45. The lowest BCUT2D eigenvalue weighted by Gasteiger charge is -2.37. The topological polar surface area (TPSA) is 73.9 Å². The molecular formula is C26H33ClN4O3S. The van der Waals surface area contributed by atoms with Gasteiger partial charge in [-0.1, -0.05) is 45.4 Å². The molecule has 0 aromatic heterocycles. The fraction of sp³-hybridized carbons (Fsp3) is 0.423. The molecule has 2 aromatic carbocycles. The van der Waals surface area contributed by atoms with Crippen molar-refractivity contribution >= 4 is 52.1 Å². The molecule has 0 aliphatic carbocycles. The Balaban J connectivity index is 1.55. The highest BCUT2D eigenvalue weighted by Crippen LogP contribution is 2.30. The molecular weight excluding hydrogens is 484 g/mol. The summed E-state index contributed by atoms with van der Waals surface area (Å²) in [6.45, 7) is 11.3. The van der Waals surface area contributed by atoms with Crippen molar-refractivity contribution in [3.63, 3.8) is 0 Å². The minimum absolute atomic E-state index is 0.00183. The van der Waals surface area contributed by atoms with E-state index in [-0.39, 0.29) is 22.8 Å². The summed E-state index contributed by atoms with van der Waals surface area (Å²) in [7, 11) is 0. The maximum absolute atomic E-state index is 12.6. The first-order valence-corrected chi connectivity index (χ1v) is 12.6. The number of amides is 2. The van der Waals surface area contributed by atoms with E-state index in [4.69, 9.17) is 28.6 Å². The van der Waals surface area contributed by atoms with Crippen molar-refractivity contribution in [2.75, 3.05) is 43.0 Å². The first-order chi connectivity index (χ1) is 16.6. The van der Waals surface area contributed by atoms with Crippen LogP contribution in [0.1, 0.15) is 38.1 Å². The number of anilines is 2. The van der Waals surface area contributed by atoms with E-state index in [1.165, 1.54) is 0 Å². The summed E-state index contributed by atoms with van der Waals surface area (Å²) in [5.74, 6) is 0.889. The molecule has 0 atom stereocenters. The summed E-state index contributed by atoms with van der Waals surface area (Å²) in [6.07, 6.45) is 0. The van der Waals surface area contributed by atoms with Crippen LogP contribution in [-0.4, -0.2) is 54.6 Å². The fourth-order valence-electron chi connectivity index (χ4n) is 3.70. The molecule has 2 N–H and O–H groups in total. The largest absolute Gasteiger partial charge is 0.493 e. The van der Waals surface area contributed by atoms with Crippen LogP contribution < -0.4 is 20.3 Å². The SMILES string of the molecule is CC(C)COc1cccc(C(=O)NC(=S)Nc2ccc(N3CCN(C(=O)C(C)C)CC3)c(Cl)c2)c1. The summed E-state index contributed by atoms with van der Waals surface area (Å²) in [4.78, 5) is 28.9. The van der Waals surface area contributed by atoms with Crippen molar-refractivity contribution in [1.82, 2.24) is 10.2 Å². The average molecular weight is 517 g/mol. The van der Waals surface area contributed by atoms with Gasteiger partial charge in [-0.3, -0.25) is 14.9 Å². The van der Waals surface area contributed by atoms with Gasteiger partial charge in [-0.05, 0) is 54.5 Å². The molecule has 1 aliphatic rings. The molecule has 0 spiro atoms. The number of carbonyl (C=O) groups is 2. The zero-order valence-corrected chi connectivity index (χ0v) is 22.2. The molecule has 1 aliphatic heterocycles. The minimum atomic E-state index is -0.325. The fourth-order valence-corrected chi connectivity index (χ4v) is 4.21. The highest BCUT2D eigenvalue weighted by molar-refractivity contribution is 7.80. The van der Waals surface area contributed by atoms with E-state index < -0.39 is 0 Å². The maximum atomic E-state index is 12.6. The van der Waals surface area contributed by atoms with Gasteiger partial charge in [0.15, 0.2) is 5.11 Å². The Morgan fingerprint density at radius 3 is 2.40 bits per heavy atom. The van der Waals surface area contributed by atoms with Crippen LogP contribution in [0.4, 0.5) is 11.4 Å². The van der Waals surface area contributed by atoms with Gasteiger partial charge in [0.1, 0.15) is 5.75 Å². The zero-order chi connectivity index (χ0) is 25.5. The van der Waals surface area contributed by atoms with E-state index in [0.717, 1.165) is 18.8 Å². The van der Waals surface area contributed by atoms with Crippen LogP contribution in [0.25, 0.3) is 0 Å². The van der Waals surface area contributed by atoms with Crippen molar-refractivity contribution in [2.45, 2.75) is 27.7 Å². The Morgan fingerprint density at radius 1 is 1.06 bits per heavy atom. The molecule has 0 saturated carbocycles. The Hall–Kier alpha value is -2.84. The zero-order valence-electron chi connectivity index (χ0n) is 20.6. The van der Waals surface area contributed by atoms with Gasteiger partial charge in [-0.2, -0.15) is 0 Å². The van der Waals surface area contributed by atoms with E-state index in [1.807, 2.05) is 36.9 Å². The first kappa shape index (κ1) is 26.8. The van der Waals surface area contributed by atoms with Crippen LogP contribution >= 0.6 is 23.8 Å². The lowest BCUT2D eigenvalue weighted by atomic mass is 10.1. The molecule has 0 bridgehead atoms. The second-order valence-electron chi connectivity index (χ2n) is 9.27. The molecule has 188 valence electrons. The average Bonchev–Trinajstić information content (AvgIpc) is 2.82. The Kier molecular flexibility index (Phi) is 9.34. The summed E-state index contributed by atoms with van der Waals surface area (Å²) < 4.78 is 5.69. The second kappa shape index (κ2) is 12.2.